The molecule has 0 spiro atoms. The maximum absolute atomic E-state index is 12.4. The van der Waals surface area contributed by atoms with Crippen LogP contribution in [-0.2, 0) is 22.4 Å². The van der Waals surface area contributed by atoms with Crippen LogP contribution in [0.15, 0.2) is 54.6 Å². The van der Waals surface area contributed by atoms with Crippen molar-refractivity contribution in [1.82, 2.24) is 10.9 Å². The molecule has 0 radical (unpaired) electrons. The van der Waals surface area contributed by atoms with Crippen LogP contribution in [0.4, 0.5) is 0 Å². The van der Waals surface area contributed by atoms with E-state index >= 15 is 0 Å². The van der Waals surface area contributed by atoms with Crippen molar-refractivity contribution in [2.24, 2.45) is 17.6 Å². The number of ether oxygens (including phenoxy) is 1. The molecule has 7 heteroatoms. The van der Waals surface area contributed by atoms with Crippen LogP contribution in [0, 0.1) is 11.8 Å². The Hall–Kier alpha value is -2.74. The smallest absolute Gasteiger partial charge is 0.335 e. The Morgan fingerprint density at radius 1 is 1.00 bits per heavy atom. The normalized spacial score (nSPS) is 24.9. The van der Waals surface area contributed by atoms with Gasteiger partial charge in [-0.15, -0.1) is 0 Å². The van der Waals surface area contributed by atoms with Gasteiger partial charge in [0.25, 0.3) is 5.91 Å². The van der Waals surface area contributed by atoms with Crippen molar-refractivity contribution in [3.8, 4) is 0 Å². The number of hydrogen-bond donors (Lipinski definition) is 4. The van der Waals surface area contributed by atoms with E-state index in [9.17, 15) is 9.59 Å². The molecule has 32 heavy (non-hydrogen) atoms. The molecular formula is C25H31N3O4. The van der Waals surface area contributed by atoms with Crippen molar-refractivity contribution < 1.29 is 19.4 Å². The van der Waals surface area contributed by atoms with Gasteiger partial charge in [-0.1, -0.05) is 42.5 Å². The fraction of sp³-hybridized carbons (Fsp3) is 0.440. The van der Waals surface area contributed by atoms with Gasteiger partial charge in [0, 0.05) is 12.5 Å². The van der Waals surface area contributed by atoms with E-state index in [0.717, 1.165) is 36.8 Å². The number of aromatic carboxylic acids is 1. The second-order valence-corrected chi connectivity index (χ2v) is 8.83. The van der Waals surface area contributed by atoms with Gasteiger partial charge in [-0.05, 0) is 61.3 Å². The van der Waals surface area contributed by atoms with E-state index in [1.807, 2.05) is 42.5 Å². The Morgan fingerprint density at radius 2 is 1.69 bits per heavy atom. The van der Waals surface area contributed by atoms with E-state index in [1.54, 1.807) is 12.1 Å². The molecule has 2 fully saturated rings. The van der Waals surface area contributed by atoms with E-state index in [0.29, 0.717) is 30.4 Å². The number of aryl methyl sites for hydroxylation is 1. The quantitative estimate of drug-likeness (QED) is 0.424. The zero-order chi connectivity index (χ0) is 22.5. The molecule has 0 aromatic heterocycles. The molecule has 170 valence electrons. The number of carbonyl (C=O) groups excluding carboxylic acids is 1. The van der Waals surface area contributed by atoms with Gasteiger partial charge in [-0.2, -0.15) is 0 Å². The highest BCUT2D eigenvalue weighted by molar-refractivity contribution is 5.87. The van der Waals surface area contributed by atoms with Crippen LogP contribution in [0.2, 0.25) is 0 Å². The topological polar surface area (TPSA) is 114 Å². The highest BCUT2D eigenvalue weighted by atomic mass is 16.5. The minimum absolute atomic E-state index is 0.215. The molecule has 0 aliphatic carbocycles. The summed E-state index contributed by atoms with van der Waals surface area (Å²) in [6, 6.07) is 16.2. The number of carboxylic acid groups (broad SMARTS) is 1. The average Bonchev–Trinajstić information content (AvgIpc) is 3.40. The summed E-state index contributed by atoms with van der Waals surface area (Å²) in [6.45, 7) is 0.646. The standard InChI is InChI=1S/C25H31N3O4/c26-21(14-17-4-2-1-3-5-17)24(29)28-27-15-20-19(22-12-13-23(20)32-22)11-8-16-6-9-18(10-7-16)25(30)31/h1-7,9-10,19-23,27H,8,11-15,26H2,(H,28,29)(H,30,31). The van der Waals surface area contributed by atoms with Crippen LogP contribution < -0.4 is 16.6 Å². The Balaban J connectivity index is 1.25. The lowest BCUT2D eigenvalue weighted by atomic mass is 9.76. The molecule has 2 aliphatic heterocycles. The molecule has 2 saturated heterocycles. The Bertz CT molecular complexity index is 919. The summed E-state index contributed by atoms with van der Waals surface area (Å²) in [6.07, 6.45) is 4.97. The van der Waals surface area contributed by atoms with Crippen molar-refractivity contribution in [1.29, 1.82) is 0 Å². The highest BCUT2D eigenvalue weighted by Gasteiger charge is 2.48. The molecular weight excluding hydrogens is 406 g/mol. The monoisotopic (exact) mass is 437 g/mol. The molecule has 4 rings (SSSR count). The zero-order valence-corrected chi connectivity index (χ0v) is 18.1. The molecule has 5 unspecified atom stereocenters. The summed E-state index contributed by atoms with van der Waals surface area (Å²) < 4.78 is 6.17. The molecule has 2 bridgehead atoms. The fourth-order valence-electron chi connectivity index (χ4n) is 5.01. The predicted octanol–water partition coefficient (Wildman–Crippen LogP) is 2.30. The SMILES string of the molecule is NC(Cc1ccccc1)C(=O)NNCC1C2CCC(O2)C1CCc1ccc(C(=O)O)cc1. The predicted molar refractivity (Wildman–Crippen MR) is 121 cm³/mol. The molecule has 0 saturated carbocycles. The molecule has 5 atom stereocenters. The average molecular weight is 438 g/mol. The number of carboxylic acids is 1. The second-order valence-electron chi connectivity index (χ2n) is 8.83. The maximum Gasteiger partial charge on any atom is 0.335 e. The number of carbonyl (C=O) groups is 2. The summed E-state index contributed by atoms with van der Waals surface area (Å²) >= 11 is 0. The zero-order valence-electron chi connectivity index (χ0n) is 18.1. The molecule has 1 amide bonds. The van der Waals surface area contributed by atoms with E-state index < -0.39 is 12.0 Å². The fourth-order valence-corrected chi connectivity index (χ4v) is 5.01. The number of benzene rings is 2. The van der Waals surface area contributed by atoms with Crippen molar-refractivity contribution in [2.75, 3.05) is 6.54 Å². The van der Waals surface area contributed by atoms with Gasteiger partial charge in [0.15, 0.2) is 0 Å². The molecule has 2 aromatic carbocycles. The van der Waals surface area contributed by atoms with Gasteiger partial charge in [0.05, 0.1) is 23.8 Å². The van der Waals surface area contributed by atoms with Gasteiger partial charge in [-0.25, -0.2) is 10.2 Å². The molecule has 2 aliphatic rings. The third-order valence-electron chi connectivity index (χ3n) is 6.74. The maximum atomic E-state index is 12.4. The molecule has 2 heterocycles. The number of nitrogens with two attached hydrogens (primary N) is 1. The van der Waals surface area contributed by atoms with Gasteiger partial charge in [0.1, 0.15) is 0 Å². The minimum atomic E-state index is -0.908. The molecule has 7 nitrogen and oxygen atoms in total. The van der Waals surface area contributed by atoms with E-state index in [1.165, 1.54) is 0 Å². The third-order valence-corrected chi connectivity index (χ3v) is 6.74. The summed E-state index contributed by atoms with van der Waals surface area (Å²) in [7, 11) is 0. The first-order valence-electron chi connectivity index (χ1n) is 11.3. The Labute approximate surface area is 188 Å². The first kappa shape index (κ1) is 22.5. The van der Waals surface area contributed by atoms with E-state index in [-0.39, 0.29) is 18.1 Å². The number of hydrogen-bond acceptors (Lipinski definition) is 5. The highest BCUT2D eigenvalue weighted by Crippen LogP contribution is 2.45. The number of hydrazine groups is 1. The summed E-state index contributed by atoms with van der Waals surface area (Å²) in [5, 5.41) is 9.05. The van der Waals surface area contributed by atoms with Crippen molar-refractivity contribution in [2.45, 2.75) is 50.4 Å². The number of amides is 1. The summed E-state index contributed by atoms with van der Waals surface area (Å²) in [5.74, 6) is -0.379. The van der Waals surface area contributed by atoms with Crippen LogP contribution in [0.25, 0.3) is 0 Å². The van der Waals surface area contributed by atoms with Crippen LogP contribution in [-0.4, -0.2) is 41.8 Å². The largest absolute Gasteiger partial charge is 0.478 e. The summed E-state index contributed by atoms with van der Waals surface area (Å²) in [4.78, 5) is 23.4. The lowest BCUT2D eigenvalue weighted by Gasteiger charge is -2.28. The lowest BCUT2D eigenvalue weighted by molar-refractivity contribution is -0.123. The van der Waals surface area contributed by atoms with Gasteiger partial charge in [-0.3, -0.25) is 10.2 Å². The number of rotatable bonds is 10. The van der Waals surface area contributed by atoms with Crippen molar-refractivity contribution in [3.05, 3.63) is 71.3 Å². The third kappa shape index (κ3) is 5.35. The first-order chi connectivity index (χ1) is 15.5. The molecule has 2 aromatic rings. The Morgan fingerprint density at radius 3 is 2.38 bits per heavy atom. The molecule has 5 N–H and O–H groups in total. The van der Waals surface area contributed by atoms with Crippen molar-refractivity contribution in [3.63, 3.8) is 0 Å². The van der Waals surface area contributed by atoms with Crippen LogP contribution in [0.5, 0.6) is 0 Å². The number of fused-ring (bicyclic) bond motifs is 2. The summed E-state index contributed by atoms with van der Waals surface area (Å²) in [5.41, 5.74) is 14.4. The van der Waals surface area contributed by atoms with E-state index in [2.05, 4.69) is 10.9 Å². The van der Waals surface area contributed by atoms with Gasteiger partial charge >= 0.3 is 5.97 Å². The van der Waals surface area contributed by atoms with Gasteiger partial charge < -0.3 is 15.6 Å². The van der Waals surface area contributed by atoms with Gasteiger partial charge in [0.2, 0.25) is 0 Å². The van der Waals surface area contributed by atoms with Crippen molar-refractivity contribution >= 4 is 11.9 Å². The van der Waals surface area contributed by atoms with Crippen LogP contribution in [0.3, 0.4) is 0 Å². The Kier molecular flexibility index (Phi) is 7.19. The van der Waals surface area contributed by atoms with Crippen LogP contribution in [0.1, 0.15) is 40.7 Å². The second kappa shape index (κ2) is 10.3. The van der Waals surface area contributed by atoms with E-state index in [4.69, 9.17) is 15.6 Å². The van der Waals surface area contributed by atoms with Crippen LogP contribution >= 0.6 is 0 Å². The minimum Gasteiger partial charge on any atom is -0.478 e. The first-order valence-corrected chi connectivity index (χ1v) is 11.3. The number of nitrogens with one attached hydrogen (secondary N) is 2. The lowest BCUT2D eigenvalue weighted by Crippen LogP contribution is -2.50.